The number of fused-ring (bicyclic) bond motifs is 1. The average molecular weight is 329 g/mol. The third-order valence-corrected chi connectivity index (χ3v) is 3.98. The number of aldehydes is 1. The van der Waals surface area contributed by atoms with Gasteiger partial charge in [-0.3, -0.25) is 14.8 Å². The highest BCUT2D eigenvalue weighted by molar-refractivity contribution is 6.42. The minimum absolute atomic E-state index is 0.441. The second-order valence-electron chi connectivity index (χ2n) is 4.61. The van der Waals surface area contributed by atoms with Crippen LogP contribution in [-0.2, 0) is 4.79 Å². The fourth-order valence-electron chi connectivity index (χ4n) is 2.22. The van der Waals surface area contributed by atoms with Crippen LogP contribution in [0.25, 0.3) is 16.6 Å². The van der Waals surface area contributed by atoms with Crippen molar-refractivity contribution in [2.24, 2.45) is 0 Å². The summed E-state index contributed by atoms with van der Waals surface area (Å²) in [5.41, 5.74) is 3.98. The van der Waals surface area contributed by atoms with Crippen molar-refractivity contribution < 1.29 is 4.79 Å². The molecule has 22 heavy (non-hydrogen) atoms. The summed E-state index contributed by atoms with van der Waals surface area (Å²) in [7, 11) is 0. The fourth-order valence-corrected chi connectivity index (χ4v) is 2.52. The number of rotatable bonds is 3. The fraction of sp³-hybridized carbons (Fsp3) is 0. The minimum Gasteiger partial charge on any atom is -0.299 e. The Morgan fingerprint density at radius 1 is 0.864 bits per heavy atom. The molecule has 0 unspecified atom stereocenters. The average Bonchev–Trinajstić information content (AvgIpc) is 2.55. The first-order valence-corrected chi connectivity index (χ1v) is 7.26. The number of allylic oxidation sites excluding steroid dienone is 1. The van der Waals surface area contributed by atoms with Crippen LogP contribution in [0.1, 0.15) is 11.1 Å². The molecule has 5 heteroatoms. The molecule has 0 N–H and O–H groups in total. The van der Waals surface area contributed by atoms with E-state index in [-0.39, 0.29) is 0 Å². The van der Waals surface area contributed by atoms with Crippen molar-refractivity contribution in [3.8, 4) is 0 Å². The predicted molar refractivity (Wildman–Crippen MR) is 89.1 cm³/mol. The molecule has 1 heterocycles. The Kier molecular flexibility index (Phi) is 4.18. The summed E-state index contributed by atoms with van der Waals surface area (Å²) >= 11 is 12.0. The zero-order valence-corrected chi connectivity index (χ0v) is 12.8. The zero-order chi connectivity index (χ0) is 15.5. The molecule has 108 valence electrons. The largest absolute Gasteiger partial charge is 0.299 e. The third kappa shape index (κ3) is 2.86. The summed E-state index contributed by atoms with van der Waals surface area (Å²) in [5, 5.41) is 0.914. The second-order valence-corrected chi connectivity index (χ2v) is 5.42. The number of hydrogen-bond acceptors (Lipinski definition) is 3. The highest BCUT2D eigenvalue weighted by Gasteiger charge is 2.09. The summed E-state index contributed by atoms with van der Waals surface area (Å²) in [4.78, 5) is 19.5. The van der Waals surface area contributed by atoms with Crippen molar-refractivity contribution >= 4 is 46.1 Å². The van der Waals surface area contributed by atoms with E-state index in [9.17, 15) is 4.79 Å². The third-order valence-electron chi connectivity index (χ3n) is 3.25. The number of hydrogen-bond donors (Lipinski definition) is 0. The van der Waals surface area contributed by atoms with Crippen molar-refractivity contribution in [2.75, 3.05) is 0 Å². The molecule has 0 radical (unpaired) electrons. The normalized spacial score (nSPS) is 11.6. The topological polar surface area (TPSA) is 42.9 Å². The van der Waals surface area contributed by atoms with E-state index in [0.717, 1.165) is 34.0 Å². The molecule has 0 aliphatic heterocycles. The number of nitrogens with zero attached hydrogens (tertiary/aromatic N) is 2. The predicted octanol–water partition coefficient (Wildman–Crippen LogP) is 4.57. The second kappa shape index (κ2) is 6.26. The van der Waals surface area contributed by atoms with Crippen LogP contribution in [0.4, 0.5) is 0 Å². The molecule has 0 saturated heterocycles. The van der Waals surface area contributed by atoms with Crippen LogP contribution in [0.3, 0.4) is 0 Å². The van der Waals surface area contributed by atoms with Gasteiger partial charge in [-0.15, -0.1) is 0 Å². The molecular formula is C17H10Cl2N2O. The highest BCUT2D eigenvalue weighted by atomic mass is 35.5. The van der Waals surface area contributed by atoms with Gasteiger partial charge in [0.1, 0.15) is 6.29 Å². The van der Waals surface area contributed by atoms with Crippen molar-refractivity contribution in [2.45, 2.75) is 0 Å². The lowest BCUT2D eigenvalue weighted by atomic mass is 9.97. The molecule has 0 aliphatic carbocycles. The van der Waals surface area contributed by atoms with Crippen LogP contribution >= 0.6 is 23.2 Å². The molecule has 3 rings (SSSR count). The Labute approximate surface area is 137 Å². The van der Waals surface area contributed by atoms with Crippen LogP contribution in [0.15, 0.2) is 54.9 Å². The molecule has 0 saturated carbocycles. The Hall–Kier alpha value is -2.23. The van der Waals surface area contributed by atoms with E-state index in [1.807, 2.05) is 24.3 Å². The van der Waals surface area contributed by atoms with Gasteiger partial charge in [0.05, 0.1) is 21.1 Å². The van der Waals surface area contributed by atoms with Crippen LogP contribution in [-0.4, -0.2) is 16.3 Å². The highest BCUT2D eigenvalue weighted by Crippen LogP contribution is 2.30. The number of carbonyl (C=O) groups is 1. The number of halogens is 2. The van der Waals surface area contributed by atoms with Gasteiger partial charge in [0.2, 0.25) is 0 Å². The molecule has 0 bridgehead atoms. The van der Waals surface area contributed by atoms with Crippen LogP contribution in [0.2, 0.25) is 10.0 Å². The summed E-state index contributed by atoms with van der Waals surface area (Å²) < 4.78 is 0. The van der Waals surface area contributed by atoms with E-state index < -0.39 is 0 Å². The van der Waals surface area contributed by atoms with Gasteiger partial charge in [-0.25, -0.2) is 0 Å². The summed E-state index contributed by atoms with van der Waals surface area (Å²) in [6.07, 6.45) is 5.52. The molecule has 0 fully saturated rings. The maximum Gasteiger partial charge on any atom is 0.143 e. The Morgan fingerprint density at radius 2 is 1.55 bits per heavy atom. The van der Waals surface area contributed by atoms with Gasteiger partial charge >= 0.3 is 0 Å². The number of benzene rings is 2. The molecule has 2 aromatic carbocycles. The zero-order valence-electron chi connectivity index (χ0n) is 11.3. The molecule has 3 nitrogen and oxygen atoms in total. The van der Waals surface area contributed by atoms with Gasteiger partial charge < -0.3 is 0 Å². The Bertz CT molecular complexity index is 891. The summed E-state index contributed by atoms with van der Waals surface area (Å²) in [5.74, 6) is 0. The molecule has 3 aromatic rings. The lowest BCUT2D eigenvalue weighted by Crippen LogP contribution is -1.91. The van der Waals surface area contributed by atoms with Gasteiger partial charge in [-0.2, -0.15) is 0 Å². The molecule has 0 atom stereocenters. The minimum atomic E-state index is 0.441. The van der Waals surface area contributed by atoms with E-state index in [4.69, 9.17) is 23.2 Å². The molecule has 0 aliphatic rings. The van der Waals surface area contributed by atoms with Gasteiger partial charge in [0.25, 0.3) is 0 Å². The van der Waals surface area contributed by atoms with E-state index in [2.05, 4.69) is 9.97 Å². The van der Waals surface area contributed by atoms with Crippen LogP contribution in [0, 0.1) is 0 Å². The maximum absolute atomic E-state index is 11.0. The van der Waals surface area contributed by atoms with Crippen molar-refractivity contribution in [1.29, 1.82) is 0 Å². The maximum atomic E-state index is 11.0. The first kappa shape index (κ1) is 14.7. The van der Waals surface area contributed by atoms with Crippen molar-refractivity contribution in [1.82, 2.24) is 9.97 Å². The molecular weight excluding hydrogens is 319 g/mol. The van der Waals surface area contributed by atoms with E-state index >= 15 is 0 Å². The van der Waals surface area contributed by atoms with Gasteiger partial charge in [-0.1, -0.05) is 35.3 Å². The SMILES string of the molecule is O=CC=C(c1ccc(Cl)c(Cl)c1)c1ccc2nccnc2c1. The monoisotopic (exact) mass is 328 g/mol. The first-order valence-electron chi connectivity index (χ1n) is 6.51. The standard InChI is InChI=1S/C17H10Cl2N2O/c18-14-3-1-11(9-15(14)19)13(5-8-22)12-2-4-16-17(10-12)21-7-6-20-16/h1-10H. The Balaban J connectivity index is 2.15. The quantitative estimate of drug-likeness (QED) is 0.522. The van der Waals surface area contributed by atoms with E-state index in [1.165, 1.54) is 6.08 Å². The molecule has 0 amide bonds. The van der Waals surface area contributed by atoms with E-state index in [0.29, 0.717) is 10.0 Å². The van der Waals surface area contributed by atoms with Crippen molar-refractivity contribution in [3.05, 3.63) is 76.0 Å². The summed E-state index contributed by atoms with van der Waals surface area (Å²) in [6, 6.07) is 10.9. The van der Waals surface area contributed by atoms with E-state index in [1.54, 1.807) is 24.5 Å². The summed E-state index contributed by atoms with van der Waals surface area (Å²) in [6.45, 7) is 0. The number of aromatic nitrogens is 2. The van der Waals surface area contributed by atoms with Gasteiger partial charge in [0.15, 0.2) is 0 Å². The lowest BCUT2D eigenvalue weighted by molar-refractivity contribution is -0.104. The Morgan fingerprint density at radius 3 is 2.27 bits per heavy atom. The molecule has 0 spiro atoms. The number of carbonyl (C=O) groups excluding carboxylic acids is 1. The van der Waals surface area contributed by atoms with Crippen LogP contribution < -0.4 is 0 Å². The van der Waals surface area contributed by atoms with Gasteiger partial charge in [0, 0.05) is 12.4 Å². The van der Waals surface area contributed by atoms with Crippen molar-refractivity contribution in [3.63, 3.8) is 0 Å². The lowest BCUT2D eigenvalue weighted by Gasteiger charge is -2.09. The smallest absolute Gasteiger partial charge is 0.143 e. The van der Waals surface area contributed by atoms with Gasteiger partial charge in [-0.05, 0) is 47.0 Å². The van der Waals surface area contributed by atoms with Crippen LogP contribution in [0.5, 0.6) is 0 Å². The molecule has 1 aromatic heterocycles. The first-order chi connectivity index (χ1) is 10.7.